The zero-order chi connectivity index (χ0) is 15.1. The fourth-order valence-electron chi connectivity index (χ4n) is 2.54. The molecular weight excluding hydrogens is 338 g/mol. The zero-order valence-electron chi connectivity index (χ0n) is 11.8. The topological polar surface area (TPSA) is 49.6 Å². The van der Waals surface area contributed by atoms with E-state index in [2.05, 4.69) is 20.8 Å². The minimum Gasteiger partial charge on any atom is -0.389 e. The van der Waals surface area contributed by atoms with Crippen LogP contribution in [0.4, 0.5) is 5.69 Å². The predicted molar refractivity (Wildman–Crippen MR) is 89.1 cm³/mol. The molecule has 0 aromatic heterocycles. The lowest BCUT2D eigenvalue weighted by Crippen LogP contribution is -2.62. The Labute approximate surface area is 133 Å². The van der Waals surface area contributed by atoms with E-state index in [0.717, 1.165) is 28.8 Å². The van der Waals surface area contributed by atoms with E-state index in [0.29, 0.717) is 4.99 Å². The van der Waals surface area contributed by atoms with Gasteiger partial charge < -0.3 is 15.5 Å². The maximum Gasteiger partial charge on any atom is 0.247 e. The van der Waals surface area contributed by atoms with Crippen LogP contribution in [-0.4, -0.2) is 41.5 Å². The molecule has 0 saturated carbocycles. The lowest BCUT2D eigenvalue weighted by Gasteiger charge is -2.46. The minimum atomic E-state index is -0.558. The highest BCUT2D eigenvalue weighted by Gasteiger charge is 2.40. The molecule has 0 radical (unpaired) electrons. The number of piperazine rings is 1. The second kappa shape index (κ2) is 5.33. The van der Waals surface area contributed by atoms with Gasteiger partial charge in [0.05, 0.1) is 0 Å². The van der Waals surface area contributed by atoms with E-state index in [1.165, 1.54) is 0 Å². The summed E-state index contributed by atoms with van der Waals surface area (Å²) in [5, 5.41) is 0. The van der Waals surface area contributed by atoms with E-state index in [1.807, 2.05) is 39.1 Å². The molecule has 2 rings (SSSR count). The van der Waals surface area contributed by atoms with Crippen LogP contribution < -0.4 is 10.6 Å². The summed E-state index contributed by atoms with van der Waals surface area (Å²) in [6.45, 7) is 5.41. The number of likely N-dealkylation sites (N-methyl/N-ethyl adjacent to an activating group) is 1. The van der Waals surface area contributed by atoms with Gasteiger partial charge in [0.2, 0.25) is 5.91 Å². The summed E-state index contributed by atoms with van der Waals surface area (Å²) in [6, 6.07) is 5.81. The summed E-state index contributed by atoms with van der Waals surface area (Å²) in [7, 11) is 1.84. The lowest BCUT2D eigenvalue weighted by atomic mass is 9.96. The van der Waals surface area contributed by atoms with Crippen molar-refractivity contribution in [2.24, 2.45) is 5.73 Å². The van der Waals surface area contributed by atoms with Gasteiger partial charge in [0.25, 0.3) is 0 Å². The molecule has 1 heterocycles. The van der Waals surface area contributed by atoms with Crippen LogP contribution in [0.1, 0.15) is 19.4 Å². The van der Waals surface area contributed by atoms with Gasteiger partial charge in [0, 0.05) is 35.9 Å². The number of thiocarbonyl (C=S) groups is 1. The van der Waals surface area contributed by atoms with Crippen LogP contribution in [0, 0.1) is 0 Å². The van der Waals surface area contributed by atoms with E-state index in [-0.39, 0.29) is 5.91 Å². The van der Waals surface area contributed by atoms with Gasteiger partial charge in [0.1, 0.15) is 10.5 Å². The average Bonchev–Trinajstić information content (AvgIpc) is 2.35. The minimum absolute atomic E-state index is 0.123. The maximum absolute atomic E-state index is 12.3. The number of amides is 1. The lowest BCUT2D eigenvalue weighted by molar-refractivity contribution is -0.136. The first kappa shape index (κ1) is 15.3. The summed E-state index contributed by atoms with van der Waals surface area (Å²) < 4.78 is 0.852. The molecule has 0 aliphatic carbocycles. The van der Waals surface area contributed by atoms with Crippen molar-refractivity contribution in [3.63, 3.8) is 0 Å². The van der Waals surface area contributed by atoms with Gasteiger partial charge in [-0.3, -0.25) is 4.79 Å². The molecule has 108 valence electrons. The molecule has 0 bridgehead atoms. The fourth-order valence-corrected chi connectivity index (χ4v) is 3.43. The molecule has 20 heavy (non-hydrogen) atoms. The largest absolute Gasteiger partial charge is 0.389 e. The smallest absolute Gasteiger partial charge is 0.247 e. The van der Waals surface area contributed by atoms with Gasteiger partial charge in [-0.15, -0.1) is 0 Å². The maximum atomic E-state index is 12.3. The molecule has 0 spiro atoms. The second-order valence-electron chi connectivity index (χ2n) is 5.47. The number of nitrogens with zero attached hydrogens (tertiary/aromatic N) is 2. The SMILES string of the molecule is CN1CCN(c2ccc(C(N)=S)c(Br)c2)C(C)(C)C1=O. The molecule has 0 unspecified atom stereocenters. The first-order valence-electron chi connectivity index (χ1n) is 6.37. The summed E-state index contributed by atoms with van der Waals surface area (Å²) in [4.78, 5) is 16.6. The van der Waals surface area contributed by atoms with Crippen molar-refractivity contribution in [3.05, 3.63) is 28.2 Å². The molecule has 1 aliphatic heterocycles. The molecule has 1 aromatic rings. The molecule has 2 N–H and O–H groups in total. The van der Waals surface area contributed by atoms with E-state index >= 15 is 0 Å². The zero-order valence-corrected chi connectivity index (χ0v) is 14.2. The molecule has 6 heteroatoms. The number of hydrogen-bond acceptors (Lipinski definition) is 3. The third-order valence-electron chi connectivity index (χ3n) is 3.73. The van der Waals surface area contributed by atoms with Crippen LogP contribution in [0.25, 0.3) is 0 Å². The van der Waals surface area contributed by atoms with Crippen molar-refractivity contribution >= 4 is 44.7 Å². The highest BCUT2D eigenvalue weighted by molar-refractivity contribution is 9.10. The van der Waals surface area contributed by atoms with Crippen molar-refractivity contribution in [3.8, 4) is 0 Å². The normalized spacial score (nSPS) is 18.3. The first-order chi connectivity index (χ1) is 9.25. The van der Waals surface area contributed by atoms with Crippen LogP contribution in [0.3, 0.4) is 0 Å². The third kappa shape index (κ3) is 2.54. The molecular formula is C14H18BrN3OS. The van der Waals surface area contributed by atoms with Gasteiger partial charge in [-0.1, -0.05) is 12.2 Å². The Morgan fingerprint density at radius 2 is 2.05 bits per heavy atom. The number of halogens is 1. The summed E-state index contributed by atoms with van der Waals surface area (Å²) >= 11 is 8.49. The van der Waals surface area contributed by atoms with Crippen LogP contribution in [-0.2, 0) is 4.79 Å². The van der Waals surface area contributed by atoms with E-state index in [1.54, 1.807) is 4.90 Å². The monoisotopic (exact) mass is 355 g/mol. The Hall–Kier alpha value is -1.14. The van der Waals surface area contributed by atoms with Crippen molar-refractivity contribution < 1.29 is 4.79 Å². The number of nitrogens with two attached hydrogens (primary N) is 1. The van der Waals surface area contributed by atoms with Crippen molar-refractivity contribution in [1.29, 1.82) is 0 Å². The number of rotatable bonds is 2. The van der Waals surface area contributed by atoms with Gasteiger partial charge in [-0.2, -0.15) is 0 Å². The summed E-state index contributed by atoms with van der Waals surface area (Å²) in [5.41, 5.74) is 6.90. The van der Waals surface area contributed by atoms with Crippen LogP contribution in [0.5, 0.6) is 0 Å². The number of anilines is 1. The Kier molecular flexibility index (Phi) is 4.07. The standard InChI is InChI=1S/C14H18BrN3OS/c1-14(2)13(19)17(3)6-7-18(14)9-4-5-10(12(16)20)11(15)8-9/h4-5,8H,6-7H2,1-3H3,(H2,16,20). The van der Waals surface area contributed by atoms with Crippen LogP contribution in [0.2, 0.25) is 0 Å². The van der Waals surface area contributed by atoms with E-state index in [4.69, 9.17) is 18.0 Å². The molecule has 1 fully saturated rings. The Balaban J connectivity index is 2.39. The molecule has 1 aromatic carbocycles. The van der Waals surface area contributed by atoms with Crippen molar-refractivity contribution in [2.45, 2.75) is 19.4 Å². The quantitative estimate of drug-likeness (QED) is 0.825. The fraction of sp³-hybridized carbons (Fsp3) is 0.429. The van der Waals surface area contributed by atoms with E-state index < -0.39 is 5.54 Å². The highest BCUT2D eigenvalue weighted by atomic mass is 79.9. The predicted octanol–water partition coefficient (Wildman–Crippen LogP) is 2.14. The average molecular weight is 356 g/mol. The van der Waals surface area contributed by atoms with E-state index in [9.17, 15) is 4.79 Å². The number of hydrogen-bond donors (Lipinski definition) is 1. The molecule has 1 aliphatic rings. The van der Waals surface area contributed by atoms with Gasteiger partial charge in [-0.25, -0.2) is 0 Å². The Bertz CT molecular complexity index is 574. The summed E-state index contributed by atoms with van der Waals surface area (Å²) in [6.07, 6.45) is 0. The number of carbonyl (C=O) groups is 1. The van der Waals surface area contributed by atoms with Crippen molar-refractivity contribution in [2.75, 3.05) is 25.0 Å². The molecule has 1 saturated heterocycles. The van der Waals surface area contributed by atoms with Gasteiger partial charge >= 0.3 is 0 Å². The molecule has 4 nitrogen and oxygen atoms in total. The first-order valence-corrected chi connectivity index (χ1v) is 7.58. The van der Waals surface area contributed by atoms with Crippen LogP contribution >= 0.6 is 28.1 Å². The highest BCUT2D eigenvalue weighted by Crippen LogP contribution is 2.31. The second-order valence-corrected chi connectivity index (χ2v) is 6.76. The number of carbonyl (C=O) groups excluding carboxylic acids is 1. The Morgan fingerprint density at radius 3 is 2.60 bits per heavy atom. The Morgan fingerprint density at radius 1 is 1.40 bits per heavy atom. The molecule has 0 atom stereocenters. The number of benzene rings is 1. The van der Waals surface area contributed by atoms with Gasteiger partial charge in [-0.05, 0) is 48.0 Å². The molecule has 1 amide bonds. The van der Waals surface area contributed by atoms with Gasteiger partial charge in [0.15, 0.2) is 0 Å². The van der Waals surface area contributed by atoms with Crippen molar-refractivity contribution in [1.82, 2.24) is 4.90 Å². The summed E-state index contributed by atoms with van der Waals surface area (Å²) in [5.74, 6) is 0.123. The van der Waals surface area contributed by atoms with Crippen LogP contribution in [0.15, 0.2) is 22.7 Å². The third-order valence-corrected chi connectivity index (χ3v) is 4.61.